The number of fused-ring (bicyclic) bond motifs is 2. The van der Waals surface area contributed by atoms with Gasteiger partial charge in [0.15, 0.2) is 5.65 Å². The fraction of sp³-hybridized carbons (Fsp3) is 0.0714. The fourth-order valence-corrected chi connectivity index (χ4v) is 4.97. The van der Waals surface area contributed by atoms with E-state index in [9.17, 15) is 31.5 Å². The number of amides is 2. The molecule has 1 atom stereocenters. The summed E-state index contributed by atoms with van der Waals surface area (Å²) in [6, 6.07) is 11.0. The number of alkyl halides is 3. The smallest absolute Gasteiger partial charge is 0.406 e. The largest absolute Gasteiger partial charge is 0.573 e. The molecule has 1 aliphatic heterocycles. The SMILES string of the molecule is O=C(Nc1cc(-c2ccc3ncnn3c2)cc2c1[C@H](c1cc(F)ccc1Cl)NC2=O)c1cc(F)cc(OC(F)(F)F)c1. The van der Waals surface area contributed by atoms with E-state index in [-0.39, 0.29) is 27.4 Å². The van der Waals surface area contributed by atoms with Gasteiger partial charge in [-0.25, -0.2) is 18.3 Å². The molecule has 3 heterocycles. The van der Waals surface area contributed by atoms with Gasteiger partial charge in [-0.1, -0.05) is 11.6 Å². The quantitative estimate of drug-likeness (QED) is 0.231. The lowest BCUT2D eigenvalue weighted by Gasteiger charge is -2.19. The summed E-state index contributed by atoms with van der Waals surface area (Å²) in [6.07, 6.45) is -2.13. The standard InChI is InChI=1S/C28H15ClF5N5O3/c29-21-3-2-16(30)10-19(21)25-24-20(27(41)38-25)7-14(13-1-4-23-35-12-36-39(23)11-13)8-22(24)37-26(40)15-5-17(31)9-18(6-15)42-28(32,33)34/h1-12,25H,(H,37,40)(H,38,41)/t25-/m0/s1. The summed E-state index contributed by atoms with van der Waals surface area (Å²) >= 11 is 6.34. The Balaban J connectivity index is 1.48. The maximum Gasteiger partial charge on any atom is 0.573 e. The molecule has 3 aromatic carbocycles. The van der Waals surface area contributed by atoms with Gasteiger partial charge in [0.2, 0.25) is 0 Å². The van der Waals surface area contributed by atoms with Crippen molar-refractivity contribution in [3.8, 4) is 16.9 Å². The number of nitrogens with one attached hydrogen (secondary N) is 2. The Morgan fingerprint density at radius 2 is 1.81 bits per heavy atom. The first kappa shape index (κ1) is 27.1. The number of hydrogen-bond donors (Lipinski definition) is 2. The molecule has 42 heavy (non-hydrogen) atoms. The first-order valence-corrected chi connectivity index (χ1v) is 12.4. The normalized spacial score (nSPS) is 14.5. The van der Waals surface area contributed by atoms with Crippen LogP contribution in [0, 0.1) is 11.6 Å². The molecule has 0 bridgehead atoms. The predicted molar refractivity (Wildman–Crippen MR) is 140 cm³/mol. The van der Waals surface area contributed by atoms with Crippen molar-refractivity contribution in [1.82, 2.24) is 19.9 Å². The number of anilines is 1. The molecule has 6 rings (SSSR count). The Bertz CT molecular complexity index is 1910. The van der Waals surface area contributed by atoms with Crippen LogP contribution >= 0.6 is 11.6 Å². The minimum atomic E-state index is -5.12. The second-order valence-corrected chi connectivity index (χ2v) is 9.62. The molecule has 2 N–H and O–H groups in total. The minimum absolute atomic E-state index is 0.0393. The van der Waals surface area contributed by atoms with Crippen molar-refractivity contribution in [3.05, 3.63) is 112 Å². The molecule has 2 aromatic heterocycles. The van der Waals surface area contributed by atoms with E-state index in [1.807, 2.05) is 0 Å². The average Bonchev–Trinajstić information content (AvgIpc) is 3.52. The van der Waals surface area contributed by atoms with Crippen molar-refractivity contribution < 1.29 is 36.3 Å². The van der Waals surface area contributed by atoms with E-state index >= 15 is 0 Å². The third-order valence-electron chi connectivity index (χ3n) is 6.48. The second kappa shape index (κ2) is 10.1. The molecule has 0 radical (unpaired) electrons. The van der Waals surface area contributed by atoms with Crippen molar-refractivity contribution in [2.24, 2.45) is 0 Å². The third-order valence-corrected chi connectivity index (χ3v) is 6.82. The number of rotatable bonds is 5. The summed E-state index contributed by atoms with van der Waals surface area (Å²) in [5.74, 6) is -4.27. The molecule has 0 fully saturated rings. The average molecular weight is 600 g/mol. The zero-order chi connectivity index (χ0) is 29.8. The van der Waals surface area contributed by atoms with Gasteiger partial charge in [-0.2, -0.15) is 5.10 Å². The van der Waals surface area contributed by atoms with E-state index in [1.165, 1.54) is 23.0 Å². The van der Waals surface area contributed by atoms with Gasteiger partial charge in [-0.15, -0.1) is 13.2 Å². The van der Waals surface area contributed by atoms with Gasteiger partial charge < -0.3 is 15.4 Å². The topological polar surface area (TPSA) is 97.6 Å². The number of pyridine rings is 1. The lowest BCUT2D eigenvalue weighted by molar-refractivity contribution is -0.274. The number of ether oxygens (including phenoxy) is 1. The molecule has 8 nitrogen and oxygen atoms in total. The fourth-order valence-electron chi connectivity index (χ4n) is 4.74. The first-order valence-electron chi connectivity index (χ1n) is 12.1. The van der Waals surface area contributed by atoms with Crippen LogP contribution in [0.3, 0.4) is 0 Å². The Hall–Kier alpha value is -5.04. The van der Waals surface area contributed by atoms with E-state index in [0.29, 0.717) is 22.8 Å². The molecular formula is C28H15ClF5N5O3. The molecule has 0 unspecified atom stereocenters. The summed E-state index contributed by atoms with van der Waals surface area (Å²) in [5.41, 5.74) is 1.65. The van der Waals surface area contributed by atoms with E-state index in [1.54, 1.807) is 24.4 Å². The van der Waals surface area contributed by atoms with Gasteiger partial charge >= 0.3 is 6.36 Å². The predicted octanol–water partition coefficient (Wildman–Crippen LogP) is 6.31. The van der Waals surface area contributed by atoms with Crippen molar-refractivity contribution in [1.29, 1.82) is 0 Å². The highest BCUT2D eigenvalue weighted by molar-refractivity contribution is 6.31. The number of halogens is 6. The molecular weight excluding hydrogens is 585 g/mol. The molecule has 1 aliphatic rings. The van der Waals surface area contributed by atoms with Crippen LogP contribution in [-0.2, 0) is 0 Å². The van der Waals surface area contributed by atoms with Crippen LogP contribution in [0.15, 0.2) is 73.2 Å². The van der Waals surface area contributed by atoms with Gasteiger partial charge in [0.05, 0.1) is 6.04 Å². The maximum absolute atomic E-state index is 14.2. The summed E-state index contributed by atoms with van der Waals surface area (Å²) in [7, 11) is 0. The molecule has 2 amide bonds. The maximum atomic E-state index is 14.2. The van der Waals surface area contributed by atoms with Gasteiger partial charge in [0.25, 0.3) is 11.8 Å². The number of carbonyl (C=O) groups is 2. The van der Waals surface area contributed by atoms with Crippen LogP contribution in [0.1, 0.15) is 37.9 Å². The highest BCUT2D eigenvalue weighted by Crippen LogP contribution is 2.42. The lowest BCUT2D eigenvalue weighted by Crippen LogP contribution is -2.21. The van der Waals surface area contributed by atoms with Gasteiger partial charge in [-0.3, -0.25) is 9.59 Å². The number of carbonyl (C=O) groups excluding carboxylic acids is 2. The van der Waals surface area contributed by atoms with Crippen LogP contribution in [0.5, 0.6) is 5.75 Å². The Labute approximate surface area is 237 Å². The van der Waals surface area contributed by atoms with Crippen molar-refractivity contribution >= 4 is 34.7 Å². The number of benzene rings is 3. The Kier molecular flexibility index (Phi) is 6.53. The van der Waals surface area contributed by atoms with Gasteiger partial charge in [-0.05, 0) is 60.2 Å². The molecule has 14 heteroatoms. The molecule has 5 aromatic rings. The zero-order valence-corrected chi connectivity index (χ0v) is 21.6. The van der Waals surface area contributed by atoms with E-state index in [2.05, 4.69) is 25.5 Å². The molecule has 0 spiro atoms. The Morgan fingerprint density at radius 3 is 2.60 bits per heavy atom. The van der Waals surface area contributed by atoms with Crippen LogP contribution in [-0.4, -0.2) is 32.8 Å². The summed E-state index contributed by atoms with van der Waals surface area (Å²) in [6.45, 7) is 0. The summed E-state index contributed by atoms with van der Waals surface area (Å²) in [5, 5.41) is 9.52. The van der Waals surface area contributed by atoms with Gasteiger partial charge in [0, 0.05) is 50.8 Å². The number of aromatic nitrogens is 3. The third kappa shape index (κ3) is 5.21. The van der Waals surface area contributed by atoms with Crippen molar-refractivity contribution in [2.75, 3.05) is 5.32 Å². The van der Waals surface area contributed by atoms with Crippen LogP contribution in [0.4, 0.5) is 27.6 Å². The van der Waals surface area contributed by atoms with Crippen LogP contribution in [0.25, 0.3) is 16.8 Å². The van der Waals surface area contributed by atoms with Crippen molar-refractivity contribution in [3.63, 3.8) is 0 Å². The van der Waals surface area contributed by atoms with Crippen LogP contribution < -0.4 is 15.4 Å². The van der Waals surface area contributed by atoms with Crippen molar-refractivity contribution in [2.45, 2.75) is 12.4 Å². The molecule has 0 aliphatic carbocycles. The number of nitrogens with zero attached hydrogens (tertiary/aromatic N) is 3. The second-order valence-electron chi connectivity index (χ2n) is 9.22. The highest BCUT2D eigenvalue weighted by atomic mass is 35.5. The first-order chi connectivity index (χ1) is 19.9. The van der Waals surface area contributed by atoms with Gasteiger partial charge in [0.1, 0.15) is 23.7 Å². The summed E-state index contributed by atoms with van der Waals surface area (Å²) < 4.78 is 71.9. The van der Waals surface area contributed by atoms with E-state index < -0.39 is 47.2 Å². The molecule has 0 saturated carbocycles. The molecule has 0 saturated heterocycles. The summed E-state index contributed by atoms with van der Waals surface area (Å²) in [4.78, 5) is 30.5. The minimum Gasteiger partial charge on any atom is -0.406 e. The zero-order valence-electron chi connectivity index (χ0n) is 20.8. The van der Waals surface area contributed by atoms with E-state index in [0.717, 1.165) is 24.3 Å². The van der Waals surface area contributed by atoms with E-state index in [4.69, 9.17) is 11.6 Å². The number of hydrogen-bond acceptors (Lipinski definition) is 5. The molecule has 212 valence electrons. The lowest BCUT2D eigenvalue weighted by atomic mass is 9.93. The Morgan fingerprint density at radius 1 is 1.00 bits per heavy atom. The monoisotopic (exact) mass is 599 g/mol. The van der Waals surface area contributed by atoms with Crippen LogP contribution in [0.2, 0.25) is 5.02 Å². The highest BCUT2D eigenvalue weighted by Gasteiger charge is 2.35.